The smallest absolute Gasteiger partial charge is 0.409 e. The molecule has 1 aliphatic heterocycles. The zero-order chi connectivity index (χ0) is 35.1. The van der Waals surface area contributed by atoms with Crippen LogP contribution in [0.15, 0.2) is 49.0 Å². The zero-order valence-electron chi connectivity index (χ0n) is 30.1. The molecule has 3 unspecified atom stereocenters. The Hall–Kier alpha value is -3.14. The van der Waals surface area contributed by atoms with E-state index in [4.69, 9.17) is 21.1 Å². The molecule has 4 rings (SSSR count). The van der Waals surface area contributed by atoms with E-state index in [9.17, 15) is 9.59 Å². The van der Waals surface area contributed by atoms with Crippen molar-refractivity contribution in [3.8, 4) is 0 Å². The first-order valence-electron chi connectivity index (χ1n) is 17.5. The van der Waals surface area contributed by atoms with Gasteiger partial charge in [-0.25, -0.2) is 9.78 Å². The summed E-state index contributed by atoms with van der Waals surface area (Å²) in [6.45, 7) is 17.7. The van der Waals surface area contributed by atoms with Crippen LogP contribution in [0.5, 0.6) is 0 Å². The van der Waals surface area contributed by atoms with E-state index in [1.54, 1.807) is 13.4 Å². The number of nitrogens with zero attached hydrogens (tertiary/aromatic N) is 4. The first-order chi connectivity index (χ1) is 22.8. The predicted octanol–water partition coefficient (Wildman–Crippen LogP) is 7.88. The van der Waals surface area contributed by atoms with E-state index in [1.165, 1.54) is 5.57 Å². The molecule has 1 aromatic carbocycles. The number of carbonyl (C=O) groups excluding carboxylic acids is 2. The quantitative estimate of drug-likeness (QED) is 0.243. The van der Waals surface area contributed by atoms with E-state index in [2.05, 4.69) is 61.6 Å². The fourth-order valence-electron chi connectivity index (χ4n) is 6.57. The second-order valence-electron chi connectivity index (χ2n) is 14.4. The number of benzene rings is 1. The topological polar surface area (TPSA) is 88.9 Å². The van der Waals surface area contributed by atoms with Crippen molar-refractivity contribution >= 4 is 29.2 Å². The molecule has 1 aromatic heterocycles. The fourth-order valence-corrected chi connectivity index (χ4v) is 6.74. The minimum atomic E-state index is -0.979. The molecule has 10 heteroatoms. The second-order valence-corrected chi connectivity index (χ2v) is 14.8. The molecular formula is C38H56ClN5O4. The van der Waals surface area contributed by atoms with Crippen molar-refractivity contribution in [1.82, 2.24) is 24.7 Å². The molecule has 1 saturated heterocycles. The van der Waals surface area contributed by atoms with Gasteiger partial charge in [0.25, 0.3) is 5.91 Å². The Morgan fingerprint density at radius 3 is 2.52 bits per heavy atom. The number of imidazole rings is 1. The SMILES string of the molecule is C=C1CCC/C=C(/C(NC(=O)C(C)(CCC)OC)c2cncn2C)c2cc(Cl)ccc2C(N2CCN(C(=O)OCC(C)(C)CC)CC2)C1. The number of hydrogen-bond acceptors (Lipinski definition) is 6. The largest absolute Gasteiger partial charge is 0.449 e. The lowest BCUT2D eigenvalue weighted by atomic mass is 9.84. The third kappa shape index (κ3) is 9.10. The van der Waals surface area contributed by atoms with Crippen molar-refractivity contribution in [2.24, 2.45) is 12.5 Å². The number of carbonyl (C=O) groups is 2. The van der Waals surface area contributed by atoms with Gasteiger partial charge >= 0.3 is 6.09 Å². The summed E-state index contributed by atoms with van der Waals surface area (Å²) in [4.78, 5) is 35.7. The Morgan fingerprint density at radius 2 is 1.90 bits per heavy atom. The predicted molar refractivity (Wildman–Crippen MR) is 193 cm³/mol. The summed E-state index contributed by atoms with van der Waals surface area (Å²) in [7, 11) is 3.54. The van der Waals surface area contributed by atoms with Crippen LogP contribution in [0.2, 0.25) is 5.02 Å². The van der Waals surface area contributed by atoms with Crippen molar-refractivity contribution in [3.63, 3.8) is 0 Å². The molecule has 0 saturated carbocycles. The molecular weight excluding hydrogens is 626 g/mol. The number of halogens is 1. The second kappa shape index (κ2) is 16.5. The summed E-state index contributed by atoms with van der Waals surface area (Å²) >= 11 is 6.76. The molecule has 1 aliphatic carbocycles. The van der Waals surface area contributed by atoms with Gasteiger partial charge in [-0.1, -0.05) is 70.0 Å². The highest BCUT2D eigenvalue weighted by molar-refractivity contribution is 6.30. The van der Waals surface area contributed by atoms with Gasteiger partial charge in [0.1, 0.15) is 5.60 Å². The van der Waals surface area contributed by atoms with Crippen LogP contribution < -0.4 is 5.32 Å². The Balaban J connectivity index is 1.71. The number of rotatable bonds is 11. The summed E-state index contributed by atoms with van der Waals surface area (Å²) in [5.41, 5.74) is 4.14. The van der Waals surface area contributed by atoms with Gasteiger partial charge in [-0.15, -0.1) is 0 Å². The van der Waals surface area contributed by atoms with Gasteiger partial charge in [-0.05, 0) is 79.7 Å². The monoisotopic (exact) mass is 681 g/mol. The van der Waals surface area contributed by atoms with Crippen molar-refractivity contribution in [2.75, 3.05) is 39.9 Å². The first-order valence-corrected chi connectivity index (χ1v) is 17.8. The van der Waals surface area contributed by atoms with E-state index in [0.29, 0.717) is 44.2 Å². The van der Waals surface area contributed by atoms with Gasteiger partial charge in [-0.3, -0.25) is 9.69 Å². The number of piperazine rings is 1. The lowest BCUT2D eigenvalue weighted by Gasteiger charge is -2.41. The summed E-state index contributed by atoms with van der Waals surface area (Å²) in [5.74, 6) is -0.171. The molecule has 2 heterocycles. The Bertz CT molecular complexity index is 1460. The van der Waals surface area contributed by atoms with Gasteiger partial charge in [-0.2, -0.15) is 0 Å². The van der Waals surface area contributed by atoms with E-state index in [1.807, 2.05) is 41.8 Å². The summed E-state index contributed by atoms with van der Waals surface area (Å²) in [6, 6.07) is 5.62. The number of allylic oxidation sites excluding steroid dienone is 1. The van der Waals surface area contributed by atoms with Gasteiger partial charge in [0.2, 0.25) is 0 Å². The standard InChI is InChI=1S/C38H56ClN5O4/c1-9-17-38(6,47-8)35(45)41-34(33-24-40-26-42(33)7)30-14-12-11-13-27(3)22-32(29-16-15-28(39)23-31(29)30)43-18-20-44(21-19-43)36(46)48-25-37(4,5)10-2/h14-16,23-24,26,32,34H,3,9-13,17-22,25H2,1-2,4-8H3,(H,41,45)/b30-14+. The van der Waals surface area contributed by atoms with Crippen LogP contribution in [0.4, 0.5) is 4.79 Å². The van der Waals surface area contributed by atoms with Crippen molar-refractivity contribution in [2.45, 2.75) is 97.2 Å². The summed E-state index contributed by atoms with van der Waals surface area (Å²) in [5, 5.41) is 4.00. The van der Waals surface area contributed by atoms with Crippen molar-refractivity contribution in [1.29, 1.82) is 0 Å². The van der Waals surface area contributed by atoms with Gasteiger partial charge < -0.3 is 24.3 Å². The van der Waals surface area contributed by atoms with Crippen LogP contribution >= 0.6 is 11.6 Å². The molecule has 3 atom stereocenters. The Labute approximate surface area is 292 Å². The van der Waals surface area contributed by atoms with Crippen molar-refractivity contribution in [3.05, 3.63) is 70.8 Å². The van der Waals surface area contributed by atoms with Crippen LogP contribution in [0.25, 0.3) is 5.57 Å². The molecule has 0 spiro atoms. The third-order valence-electron chi connectivity index (χ3n) is 10.2. The highest BCUT2D eigenvalue weighted by Gasteiger charge is 2.37. The van der Waals surface area contributed by atoms with E-state index in [-0.39, 0.29) is 23.5 Å². The molecule has 0 bridgehead atoms. The molecule has 1 fully saturated rings. The van der Waals surface area contributed by atoms with Crippen LogP contribution in [0.3, 0.4) is 0 Å². The number of fused-ring (bicyclic) bond motifs is 1. The molecule has 9 nitrogen and oxygen atoms in total. The highest BCUT2D eigenvalue weighted by Crippen LogP contribution is 2.41. The maximum atomic E-state index is 14.0. The molecule has 1 N–H and O–H groups in total. The van der Waals surface area contributed by atoms with Crippen LogP contribution in [-0.2, 0) is 21.3 Å². The van der Waals surface area contributed by atoms with E-state index < -0.39 is 11.6 Å². The van der Waals surface area contributed by atoms with Gasteiger partial charge in [0.15, 0.2) is 0 Å². The molecule has 48 heavy (non-hydrogen) atoms. The number of hydrogen-bond donors (Lipinski definition) is 1. The average molecular weight is 682 g/mol. The molecule has 0 radical (unpaired) electrons. The number of ether oxygens (including phenoxy) is 2. The van der Waals surface area contributed by atoms with E-state index >= 15 is 0 Å². The minimum Gasteiger partial charge on any atom is -0.449 e. The number of aryl methyl sites for hydroxylation is 1. The lowest BCUT2D eigenvalue weighted by Crippen LogP contribution is -2.50. The normalized spacial score (nSPS) is 21.0. The molecule has 264 valence electrons. The maximum Gasteiger partial charge on any atom is 0.409 e. The van der Waals surface area contributed by atoms with Crippen LogP contribution in [-0.4, -0.2) is 76.8 Å². The number of amides is 2. The zero-order valence-corrected chi connectivity index (χ0v) is 30.9. The maximum absolute atomic E-state index is 14.0. The first kappa shape index (κ1) is 37.7. The van der Waals surface area contributed by atoms with Crippen LogP contribution in [0.1, 0.15) is 108 Å². The Morgan fingerprint density at radius 1 is 1.17 bits per heavy atom. The minimum absolute atomic E-state index is 0.00989. The van der Waals surface area contributed by atoms with Gasteiger partial charge in [0.05, 0.1) is 30.9 Å². The van der Waals surface area contributed by atoms with E-state index in [0.717, 1.165) is 60.9 Å². The van der Waals surface area contributed by atoms with Crippen LogP contribution in [0, 0.1) is 5.41 Å². The number of nitrogens with one attached hydrogen (secondary N) is 1. The fraction of sp³-hybridized carbons (Fsp3) is 0.605. The van der Waals surface area contributed by atoms with Crippen molar-refractivity contribution < 1.29 is 19.1 Å². The average Bonchev–Trinajstić information content (AvgIpc) is 3.50. The highest BCUT2D eigenvalue weighted by atomic mass is 35.5. The lowest BCUT2D eigenvalue weighted by molar-refractivity contribution is -0.142. The number of aromatic nitrogens is 2. The number of methoxy groups -OCH3 is 1. The Kier molecular flexibility index (Phi) is 13.0. The molecule has 2 aliphatic rings. The molecule has 2 amide bonds. The van der Waals surface area contributed by atoms with Gasteiger partial charge in [0, 0.05) is 51.4 Å². The summed E-state index contributed by atoms with van der Waals surface area (Å²) < 4.78 is 13.5. The molecule has 2 aromatic rings. The third-order valence-corrected chi connectivity index (χ3v) is 10.5. The summed E-state index contributed by atoms with van der Waals surface area (Å²) in [6.07, 6.45) is 11.4.